The number of benzene rings is 1. The van der Waals surface area contributed by atoms with E-state index in [-0.39, 0.29) is 6.10 Å². The summed E-state index contributed by atoms with van der Waals surface area (Å²) < 4.78 is 11.4. The van der Waals surface area contributed by atoms with Crippen LogP contribution in [-0.4, -0.2) is 26.3 Å². The van der Waals surface area contributed by atoms with E-state index < -0.39 is 0 Å². The van der Waals surface area contributed by atoms with E-state index in [1.807, 2.05) is 19.2 Å². The Morgan fingerprint density at radius 2 is 2.11 bits per heavy atom. The van der Waals surface area contributed by atoms with Crippen molar-refractivity contribution in [3.8, 4) is 5.75 Å². The molecule has 1 aromatic carbocycles. The largest absolute Gasteiger partial charge is 0.494 e. The number of ether oxygens (including phenoxy) is 2. The summed E-state index contributed by atoms with van der Waals surface area (Å²) in [5.41, 5.74) is 1.25. The van der Waals surface area contributed by atoms with Crippen LogP contribution in [0.15, 0.2) is 24.3 Å². The molecule has 1 aliphatic heterocycles. The fourth-order valence-electron chi connectivity index (χ4n) is 2.29. The second kappa shape index (κ2) is 6.76. The Bertz CT molecular complexity index is 350. The first kappa shape index (κ1) is 13.4. The average Bonchev–Trinajstić information content (AvgIpc) is 2.46. The van der Waals surface area contributed by atoms with Gasteiger partial charge in [0.15, 0.2) is 0 Å². The smallest absolute Gasteiger partial charge is 0.119 e. The highest BCUT2D eigenvalue weighted by Gasteiger charge is 2.22. The van der Waals surface area contributed by atoms with Gasteiger partial charge in [-0.2, -0.15) is 0 Å². The molecule has 2 rings (SSSR count). The Balaban J connectivity index is 1.96. The lowest BCUT2D eigenvalue weighted by Crippen LogP contribution is -2.33. The average molecular weight is 249 g/mol. The molecule has 0 radical (unpaired) electrons. The highest BCUT2D eigenvalue weighted by Crippen LogP contribution is 2.29. The molecule has 1 aliphatic rings. The van der Waals surface area contributed by atoms with Gasteiger partial charge in [-0.25, -0.2) is 0 Å². The number of nitrogens with one attached hydrogen (secondary N) is 1. The molecule has 1 aromatic rings. The van der Waals surface area contributed by atoms with Crippen LogP contribution < -0.4 is 10.1 Å². The van der Waals surface area contributed by atoms with Crippen molar-refractivity contribution < 1.29 is 9.47 Å². The zero-order valence-electron chi connectivity index (χ0n) is 11.3. The predicted molar refractivity (Wildman–Crippen MR) is 73.0 cm³/mol. The van der Waals surface area contributed by atoms with Crippen molar-refractivity contribution in [1.29, 1.82) is 0 Å². The van der Waals surface area contributed by atoms with E-state index in [0.29, 0.717) is 6.04 Å². The SMILES string of the molecule is CCCOc1ccc(C2CC(NC)CCO2)cc1. The lowest BCUT2D eigenvalue weighted by Gasteiger charge is -2.29. The van der Waals surface area contributed by atoms with Gasteiger partial charge in [0, 0.05) is 12.6 Å². The Kier molecular flexibility index (Phi) is 5.02. The third kappa shape index (κ3) is 3.47. The molecule has 100 valence electrons. The molecule has 0 aliphatic carbocycles. The second-order valence-corrected chi connectivity index (χ2v) is 4.79. The van der Waals surface area contributed by atoms with Gasteiger partial charge in [0.25, 0.3) is 0 Å². The minimum Gasteiger partial charge on any atom is -0.494 e. The van der Waals surface area contributed by atoms with Crippen LogP contribution in [0, 0.1) is 0 Å². The van der Waals surface area contributed by atoms with E-state index in [4.69, 9.17) is 9.47 Å². The number of hydrogen-bond acceptors (Lipinski definition) is 3. The molecule has 0 bridgehead atoms. The molecule has 0 aromatic heterocycles. The van der Waals surface area contributed by atoms with Crippen LogP contribution >= 0.6 is 0 Å². The van der Waals surface area contributed by atoms with Gasteiger partial charge in [-0.1, -0.05) is 19.1 Å². The van der Waals surface area contributed by atoms with Gasteiger partial charge < -0.3 is 14.8 Å². The van der Waals surface area contributed by atoms with Gasteiger partial charge in [0.1, 0.15) is 5.75 Å². The van der Waals surface area contributed by atoms with Crippen molar-refractivity contribution >= 4 is 0 Å². The standard InChI is InChI=1S/C15H23NO2/c1-3-9-17-14-6-4-12(5-7-14)15-11-13(16-2)8-10-18-15/h4-7,13,15-16H,3,8-11H2,1-2H3. The Labute approximate surface area is 109 Å². The molecular formula is C15H23NO2. The molecule has 0 amide bonds. The van der Waals surface area contributed by atoms with E-state index in [1.54, 1.807) is 0 Å². The van der Waals surface area contributed by atoms with E-state index in [2.05, 4.69) is 24.4 Å². The maximum atomic E-state index is 5.84. The van der Waals surface area contributed by atoms with Crippen molar-refractivity contribution in [1.82, 2.24) is 5.32 Å². The molecule has 1 heterocycles. The first-order valence-corrected chi connectivity index (χ1v) is 6.85. The summed E-state index contributed by atoms with van der Waals surface area (Å²) >= 11 is 0. The maximum Gasteiger partial charge on any atom is 0.119 e. The summed E-state index contributed by atoms with van der Waals surface area (Å²) in [6.07, 6.45) is 3.41. The van der Waals surface area contributed by atoms with Crippen LogP contribution in [0.2, 0.25) is 0 Å². The maximum absolute atomic E-state index is 5.84. The van der Waals surface area contributed by atoms with Crippen molar-refractivity contribution in [2.45, 2.75) is 38.3 Å². The molecule has 3 nitrogen and oxygen atoms in total. The number of hydrogen-bond donors (Lipinski definition) is 1. The van der Waals surface area contributed by atoms with Crippen LogP contribution in [0.1, 0.15) is 37.9 Å². The van der Waals surface area contributed by atoms with Gasteiger partial charge in [0.05, 0.1) is 12.7 Å². The molecule has 1 saturated heterocycles. The third-order valence-electron chi connectivity index (χ3n) is 3.42. The monoisotopic (exact) mass is 249 g/mol. The van der Waals surface area contributed by atoms with E-state index >= 15 is 0 Å². The van der Waals surface area contributed by atoms with Crippen LogP contribution in [-0.2, 0) is 4.74 Å². The zero-order valence-corrected chi connectivity index (χ0v) is 11.3. The summed E-state index contributed by atoms with van der Waals surface area (Å²) in [6, 6.07) is 8.88. The fourth-order valence-corrected chi connectivity index (χ4v) is 2.29. The molecule has 2 unspecified atom stereocenters. The van der Waals surface area contributed by atoms with Crippen molar-refractivity contribution in [2.24, 2.45) is 0 Å². The molecule has 2 atom stereocenters. The summed E-state index contributed by atoms with van der Waals surface area (Å²) in [6.45, 7) is 3.73. The Morgan fingerprint density at radius 1 is 1.33 bits per heavy atom. The van der Waals surface area contributed by atoms with Gasteiger partial charge in [-0.15, -0.1) is 0 Å². The molecule has 3 heteroatoms. The van der Waals surface area contributed by atoms with Crippen LogP contribution in [0.4, 0.5) is 0 Å². The van der Waals surface area contributed by atoms with Crippen molar-refractivity contribution in [3.05, 3.63) is 29.8 Å². The third-order valence-corrected chi connectivity index (χ3v) is 3.42. The minimum atomic E-state index is 0.219. The normalized spacial score (nSPS) is 23.9. The van der Waals surface area contributed by atoms with Gasteiger partial charge in [0.2, 0.25) is 0 Å². The van der Waals surface area contributed by atoms with Crippen LogP contribution in [0.5, 0.6) is 5.75 Å². The van der Waals surface area contributed by atoms with E-state index in [1.165, 1.54) is 5.56 Å². The summed E-state index contributed by atoms with van der Waals surface area (Å²) in [5, 5.41) is 3.34. The predicted octanol–water partition coefficient (Wildman–Crippen LogP) is 2.91. The molecule has 0 saturated carbocycles. The second-order valence-electron chi connectivity index (χ2n) is 4.79. The van der Waals surface area contributed by atoms with Crippen LogP contribution in [0.3, 0.4) is 0 Å². The van der Waals surface area contributed by atoms with Crippen LogP contribution in [0.25, 0.3) is 0 Å². The van der Waals surface area contributed by atoms with Gasteiger partial charge >= 0.3 is 0 Å². The Hall–Kier alpha value is -1.06. The molecule has 0 spiro atoms. The molecule has 1 N–H and O–H groups in total. The zero-order chi connectivity index (χ0) is 12.8. The molecular weight excluding hydrogens is 226 g/mol. The summed E-state index contributed by atoms with van der Waals surface area (Å²) in [7, 11) is 2.02. The van der Waals surface area contributed by atoms with Crippen molar-refractivity contribution in [3.63, 3.8) is 0 Å². The highest BCUT2D eigenvalue weighted by molar-refractivity contribution is 5.28. The molecule has 18 heavy (non-hydrogen) atoms. The van der Waals surface area contributed by atoms with Gasteiger partial charge in [-0.3, -0.25) is 0 Å². The van der Waals surface area contributed by atoms with Gasteiger partial charge in [-0.05, 0) is 44.0 Å². The van der Waals surface area contributed by atoms with E-state index in [0.717, 1.165) is 38.2 Å². The lowest BCUT2D eigenvalue weighted by molar-refractivity contribution is 0.00152. The first-order valence-electron chi connectivity index (χ1n) is 6.85. The first-order chi connectivity index (χ1) is 8.83. The Morgan fingerprint density at radius 3 is 2.78 bits per heavy atom. The minimum absolute atomic E-state index is 0.219. The number of rotatable bonds is 5. The van der Waals surface area contributed by atoms with Crippen molar-refractivity contribution in [2.75, 3.05) is 20.3 Å². The molecule has 1 fully saturated rings. The summed E-state index contributed by atoms with van der Waals surface area (Å²) in [5.74, 6) is 0.946. The van der Waals surface area contributed by atoms with E-state index in [9.17, 15) is 0 Å². The summed E-state index contributed by atoms with van der Waals surface area (Å²) in [4.78, 5) is 0. The topological polar surface area (TPSA) is 30.5 Å². The quantitative estimate of drug-likeness (QED) is 0.870. The lowest BCUT2D eigenvalue weighted by atomic mass is 9.97. The fraction of sp³-hybridized carbons (Fsp3) is 0.600. The highest BCUT2D eigenvalue weighted by atomic mass is 16.5.